The largest absolute Gasteiger partial charge is 0.562 e. The predicted octanol–water partition coefficient (Wildman–Crippen LogP) is -3.39. The fraction of sp³-hybridized carbons (Fsp3) is 0. The fourth-order valence-electron chi connectivity index (χ4n) is 0.189. The van der Waals surface area contributed by atoms with Crippen molar-refractivity contribution >= 4 is 12.7 Å². The Balaban J connectivity index is 3.33. The van der Waals surface area contributed by atoms with E-state index in [4.69, 9.17) is 11.5 Å². The van der Waals surface area contributed by atoms with Crippen LogP contribution in [0.2, 0.25) is 0 Å². The summed E-state index contributed by atoms with van der Waals surface area (Å²) in [5.41, 5.74) is 11.4. The second-order valence-corrected chi connectivity index (χ2v) is 1.02. The van der Waals surface area contributed by atoms with Gasteiger partial charge >= 0.3 is 0 Å². The van der Waals surface area contributed by atoms with Crippen LogP contribution >= 0.6 is 0 Å². The zero-order valence-corrected chi connectivity index (χ0v) is 5.02. The Hall–Kier alpha value is -1.54. The van der Waals surface area contributed by atoms with Gasteiger partial charge in [-0.25, -0.2) is 0 Å². The van der Waals surface area contributed by atoms with Crippen molar-refractivity contribution in [3.8, 4) is 0 Å². The molecule has 0 aromatic rings. The van der Waals surface area contributed by atoms with Gasteiger partial charge in [-0.05, 0) is 10.5 Å². The van der Waals surface area contributed by atoms with Crippen LogP contribution in [0.4, 0.5) is 0 Å². The minimum absolute atomic E-state index is 0.825. The molecule has 0 aliphatic rings. The lowest BCUT2D eigenvalue weighted by Crippen LogP contribution is -3.11. The summed E-state index contributed by atoms with van der Waals surface area (Å²) in [6.07, 6.45) is 1.72. The van der Waals surface area contributed by atoms with E-state index in [0.717, 1.165) is 12.7 Å². The molecule has 0 saturated carbocycles. The van der Waals surface area contributed by atoms with Crippen LogP contribution < -0.4 is 22.3 Å². The Bertz CT molecular complexity index is 109. The van der Waals surface area contributed by atoms with Gasteiger partial charge in [0.25, 0.3) is 0 Å². The second kappa shape index (κ2) is 5.59. The Labute approximate surface area is 56.6 Å². The van der Waals surface area contributed by atoms with Crippen molar-refractivity contribution < 1.29 is 10.3 Å². The molecular weight excluding hydrogens is 140 g/mol. The average Bonchev–Trinajstić information content (AvgIpc) is 1.97. The molecule has 1 atom stereocenters. The zero-order chi connectivity index (χ0) is 7.82. The van der Waals surface area contributed by atoms with Gasteiger partial charge in [-0.3, -0.25) is 0 Å². The second-order valence-electron chi connectivity index (χ2n) is 1.02. The van der Waals surface area contributed by atoms with E-state index in [9.17, 15) is 5.21 Å². The van der Waals surface area contributed by atoms with Gasteiger partial charge in [-0.1, -0.05) is 0 Å². The third-order valence-electron chi connectivity index (χ3n) is 0.427. The smallest absolute Gasteiger partial charge is 0.132 e. The summed E-state index contributed by atoms with van der Waals surface area (Å²) in [6.45, 7) is 0. The highest BCUT2D eigenvalue weighted by Crippen LogP contribution is 1.51. The SMILES string of the molecule is NC=NN[NH+]([O-])ON=CN. The number of quaternary nitrogens is 1. The maximum absolute atomic E-state index is 10.3. The summed E-state index contributed by atoms with van der Waals surface area (Å²) in [4.78, 5) is 4.02. The lowest BCUT2D eigenvalue weighted by molar-refractivity contribution is -1.09. The Morgan fingerprint density at radius 1 is 1.50 bits per heavy atom. The van der Waals surface area contributed by atoms with E-state index >= 15 is 0 Å². The van der Waals surface area contributed by atoms with Gasteiger partial charge in [0.05, 0.1) is 0 Å². The standard InChI is InChI=1S/C2H8N6O2/c3-1-5-7-8(9)10-6-2-4/h1-2,7-8H,(H2,3,5)(H2,4,6). The number of nitrogens with zero attached hydrogens (tertiary/aromatic N) is 2. The highest BCUT2D eigenvalue weighted by molar-refractivity contribution is 5.50. The van der Waals surface area contributed by atoms with Crippen LogP contribution in [-0.4, -0.2) is 12.7 Å². The van der Waals surface area contributed by atoms with Crippen molar-refractivity contribution in [2.45, 2.75) is 0 Å². The Kier molecular flexibility index (Phi) is 4.73. The van der Waals surface area contributed by atoms with E-state index in [1.54, 1.807) is 0 Å². The molecule has 0 spiro atoms. The molecule has 58 valence electrons. The molecule has 0 fully saturated rings. The van der Waals surface area contributed by atoms with Crippen LogP contribution in [0.5, 0.6) is 0 Å². The van der Waals surface area contributed by atoms with E-state index in [1.165, 1.54) is 0 Å². The number of hydrazone groups is 1. The maximum atomic E-state index is 10.3. The van der Waals surface area contributed by atoms with Crippen molar-refractivity contribution in [2.24, 2.45) is 21.7 Å². The number of rotatable bonds is 4. The van der Waals surface area contributed by atoms with E-state index in [2.05, 4.69) is 15.2 Å². The number of nitrogens with two attached hydrogens (primary N) is 2. The molecule has 0 aromatic carbocycles. The molecule has 0 rings (SSSR count). The first kappa shape index (κ1) is 8.46. The molecule has 0 amide bonds. The minimum Gasteiger partial charge on any atom is -0.562 e. The number of oxime groups is 1. The number of hydrogen-bond acceptors (Lipinski definition) is 5. The highest BCUT2D eigenvalue weighted by Gasteiger charge is 1.86. The topological polar surface area (TPSA) is 126 Å². The first-order valence-corrected chi connectivity index (χ1v) is 2.25. The van der Waals surface area contributed by atoms with E-state index in [-0.39, 0.29) is 0 Å². The summed E-state index contributed by atoms with van der Waals surface area (Å²) < 4.78 is 0. The normalized spacial score (nSPS) is 14.1. The number of hydrogen-bond donors (Lipinski definition) is 4. The molecule has 6 N–H and O–H groups in total. The Morgan fingerprint density at radius 3 is 2.70 bits per heavy atom. The van der Waals surface area contributed by atoms with E-state index < -0.39 is 5.34 Å². The van der Waals surface area contributed by atoms with Crippen molar-refractivity contribution in [2.75, 3.05) is 0 Å². The minimum atomic E-state index is -0.858. The van der Waals surface area contributed by atoms with Crippen LogP contribution in [0.25, 0.3) is 0 Å². The summed E-state index contributed by atoms with van der Waals surface area (Å²) in [6, 6.07) is 0. The number of nitrogens with one attached hydrogen (secondary N) is 2. The summed E-state index contributed by atoms with van der Waals surface area (Å²) >= 11 is 0. The molecule has 0 aliphatic carbocycles. The van der Waals surface area contributed by atoms with Gasteiger partial charge < -0.3 is 16.7 Å². The third kappa shape index (κ3) is 4.61. The Morgan fingerprint density at radius 2 is 2.20 bits per heavy atom. The monoisotopic (exact) mass is 148 g/mol. The lowest BCUT2D eigenvalue weighted by atomic mass is 11.4. The molecule has 0 radical (unpaired) electrons. The first-order chi connectivity index (χ1) is 4.81. The van der Waals surface area contributed by atoms with Crippen LogP contribution in [0.3, 0.4) is 0 Å². The highest BCUT2D eigenvalue weighted by atomic mass is 17.0. The molecule has 0 heterocycles. The van der Waals surface area contributed by atoms with Gasteiger partial charge in [0.15, 0.2) is 0 Å². The van der Waals surface area contributed by atoms with E-state index in [0.29, 0.717) is 0 Å². The molecule has 8 heteroatoms. The summed E-state index contributed by atoms with van der Waals surface area (Å²) in [5, 5.41) is 15.5. The molecule has 0 aliphatic heterocycles. The molecule has 10 heavy (non-hydrogen) atoms. The molecule has 8 nitrogen and oxygen atoms in total. The quantitative estimate of drug-likeness (QED) is 0.188. The molecule has 0 bridgehead atoms. The van der Waals surface area contributed by atoms with Crippen molar-refractivity contribution in [1.29, 1.82) is 0 Å². The van der Waals surface area contributed by atoms with Crippen molar-refractivity contribution in [3.63, 3.8) is 0 Å². The lowest BCUT2D eigenvalue weighted by Gasteiger charge is -2.11. The van der Waals surface area contributed by atoms with Gasteiger partial charge in [0, 0.05) is 0 Å². The van der Waals surface area contributed by atoms with Crippen LogP contribution in [0.1, 0.15) is 0 Å². The van der Waals surface area contributed by atoms with Gasteiger partial charge in [-0.2, -0.15) is 4.94 Å². The first-order valence-electron chi connectivity index (χ1n) is 2.25. The van der Waals surface area contributed by atoms with Gasteiger partial charge in [-0.15, -0.1) is 10.6 Å². The van der Waals surface area contributed by atoms with Gasteiger partial charge in [0.1, 0.15) is 12.7 Å². The maximum Gasteiger partial charge on any atom is 0.132 e. The molecule has 0 aromatic heterocycles. The van der Waals surface area contributed by atoms with E-state index in [1.807, 2.05) is 5.53 Å². The van der Waals surface area contributed by atoms with Crippen LogP contribution in [-0.2, 0) is 4.94 Å². The van der Waals surface area contributed by atoms with Crippen LogP contribution in [0, 0.1) is 5.21 Å². The summed E-state index contributed by atoms with van der Waals surface area (Å²) in [7, 11) is 0. The van der Waals surface area contributed by atoms with Crippen molar-refractivity contribution in [3.05, 3.63) is 5.21 Å². The van der Waals surface area contributed by atoms with Crippen LogP contribution in [0.15, 0.2) is 10.3 Å². The zero-order valence-electron chi connectivity index (χ0n) is 5.02. The summed E-state index contributed by atoms with van der Waals surface area (Å²) in [5.74, 6) is 0. The third-order valence-corrected chi connectivity index (χ3v) is 0.427. The molecule has 1 unspecified atom stereocenters. The predicted molar refractivity (Wildman–Crippen MR) is 33.9 cm³/mol. The fourth-order valence-corrected chi connectivity index (χ4v) is 0.189. The molecular formula is C2H8N6O2. The van der Waals surface area contributed by atoms with Crippen molar-refractivity contribution in [1.82, 2.24) is 5.53 Å². The molecule has 0 saturated heterocycles. The van der Waals surface area contributed by atoms with Gasteiger partial charge in [0.2, 0.25) is 0 Å². The average molecular weight is 148 g/mol.